The van der Waals surface area contributed by atoms with Crippen LogP contribution in [0.2, 0.25) is 0 Å². The first-order chi connectivity index (χ1) is 14.2. The molecule has 0 bridgehead atoms. The average molecular weight is 472 g/mol. The van der Waals surface area contributed by atoms with Crippen LogP contribution in [0.25, 0.3) is 0 Å². The average Bonchev–Trinajstić information content (AvgIpc) is 2.69. The zero-order valence-corrected chi connectivity index (χ0v) is 20.2. The smallest absolute Gasteiger partial charge is 0.250 e. The molecule has 2 atom stereocenters. The zero-order chi connectivity index (χ0) is 22.7. The molecule has 166 valence electrons. The van der Waals surface area contributed by atoms with Crippen LogP contribution in [0.15, 0.2) is 58.4 Å². The summed E-state index contributed by atoms with van der Waals surface area (Å²) in [5.41, 5.74) is 0.815. The fourth-order valence-electron chi connectivity index (χ4n) is 2.96. The highest BCUT2D eigenvalue weighted by atomic mass is 35.5. The summed E-state index contributed by atoms with van der Waals surface area (Å²) in [4.78, 5) is 29.9. The molecule has 0 saturated carbocycles. The number of rotatable bonds is 10. The van der Waals surface area contributed by atoms with Gasteiger partial charge >= 0.3 is 0 Å². The van der Waals surface area contributed by atoms with Crippen molar-refractivity contribution in [3.63, 3.8) is 0 Å². The van der Waals surface area contributed by atoms with Gasteiger partial charge in [0.15, 0.2) is 0 Å². The molecule has 2 amide bonds. The molecular weight excluding hydrogens is 441 g/mol. The molecule has 1 aliphatic rings. The summed E-state index contributed by atoms with van der Waals surface area (Å²) >= 11 is 13.4. The van der Waals surface area contributed by atoms with E-state index in [2.05, 4.69) is 18.5 Å². The highest BCUT2D eigenvalue weighted by Crippen LogP contribution is 2.26. The topological polar surface area (TPSA) is 52.7 Å². The van der Waals surface area contributed by atoms with Gasteiger partial charge in [0.1, 0.15) is 11.9 Å². The van der Waals surface area contributed by atoms with Crippen LogP contribution >= 0.6 is 35.0 Å². The second-order valence-electron chi connectivity index (χ2n) is 7.05. The summed E-state index contributed by atoms with van der Waals surface area (Å²) in [7, 11) is 0. The van der Waals surface area contributed by atoms with E-state index < -0.39 is 6.04 Å². The molecule has 0 unspecified atom stereocenters. The Hall–Kier alpha value is -1.47. The normalized spacial score (nSPS) is 18.6. The second-order valence-corrected chi connectivity index (χ2v) is 8.79. The first-order valence-electron chi connectivity index (χ1n) is 9.74. The maximum Gasteiger partial charge on any atom is 0.250 e. The minimum atomic E-state index is -0.823. The van der Waals surface area contributed by atoms with Gasteiger partial charge in [-0.05, 0) is 38.3 Å². The van der Waals surface area contributed by atoms with Crippen LogP contribution in [0.1, 0.15) is 20.8 Å². The number of thioether (sulfide) groups is 1. The Balaban J connectivity index is 3.19. The lowest BCUT2D eigenvalue weighted by Crippen LogP contribution is -2.58. The lowest BCUT2D eigenvalue weighted by molar-refractivity contribution is -0.143. The van der Waals surface area contributed by atoms with Crippen molar-refractivity contribution in [2.75, 3.05) is 32.1 Å². The molecule has 1 aliphatic heterocycles. The lowest BCUT2D eigenvalue weighted by Gasteiger charge is -2.38. The molecule has 0 aliphatic carbocycles. The van der Waals surface area contributed by atoms with Gasteiger partial charge < -0.3 is 15.1 Å². The van der Waals surface area contributed by atoms with Crippen molar-refractivity contribution in [3.8, 4) is 0 Å². The number of nitrogens with one attached hydrogen (secondary N) is 1. The number of hydrogen-bond donors (Lipinski definition) is 1. The van der Waals surface area contributed by atoms with Gasteiger partial charge in [-0.15, -0.1) is 23.4 Å². The first-order valence-corrected chi connectivity index (χ1v) is 11.5. The maximum atomic E-state index is 13.4. The molecule has 0 radical (unpaired) electrons. The Morgan fingerprint density at radius 2 is 2.10 bits per heavy atom. The number of piperazine rings is 1. The Labute approximate surface area is 194 Å². The third kappa shape index (κ3) is 8.72. The van der Waals surface area contributed by atoms with Crippen molar-refractivity contribution in [2.45, 2.75) is 32.9 Å². The van der Waals surface area contributed by atoms with E-state index in [1.807, 2.05) is 32.3 Å². The summed E-state index contributed by atoms with van der Waals surface area (Å²) in [5, 5.41) is 5.65. The van der Waals surface area contributed by atoms with E-state index in [-0.39, 0.29) is 30.3 Å². The highest BCUT2D eigenvalue weighted by molar-refractivity contribution is 8.05. The van der Waals surface area contributed by atoms with Crippen LogP contribution in [0.4, 0.5) is 0 Å². The van der Waals surface area contributed by atoms with Gasteiger partial charge in [-0.3, -0.25) is 9.59 Å². The zero-order valence-electron chi connectivity index (χ0n) is 17.9. The van der Waals surface area contributed by atoms with Gasteiger partial charge in [-0.2, -0.15) is 0 Å². The number of hydrogen-bond acceptors (Lipinski definition) is 4. The van der Waals surface area contributed by atoms with Crippen LogP contribution in [0, 0.1) is 0 Å². The Morgan fingerprint density at radius 1 is 1.40 bits per heavy atom. The predicted molar refractivity (Wildman–Crippen MR) is 130 cm³/mol. The van der Waals surface area contributed by atoms with Crippen molar-refractivity contribution < 1.29 is 9.59 Å². The minimum Gasteiger partial charge on any atom is -0.338 e. The van der Waals surface area contributed by atoms with Gasteiger partial charge in [-0.1, -0.05) is 42.5 Å². The van der Waals surface area contributed by atoms with Gasteiger partial charge in [0.05, 0.1) is 0 Å². The standard InChI is InChI=1S/C22H31Cl2N3O2S/c1-6-12-30-18(5)21(22(29)26-11-9-25-17(4)15-26)27(20(28)14-23)10-7-8-19(24)13-16(2)3/h6-8,12-13,17,21,25H,2,5,9-11,14-15H2,1,3-4H3/b8-7-,12-6-,19-13+/t17-,21+/m0/s1. The van der Waals surface area contributed by atoms with Crippen LogP contribution in [-0.4, -0.2) is 65.8 Å². The minimum absolute atomic E-state index is 0.152. The molecule has 0 aromatic rings. The number of carbonyl (C=O) groups is 2. The van der Waals surface area contributed by atoms with E-state index >= 15 is 0 Å². The summed E-state index contributed by atoms with van der Waals surface area (Å²) in [6.45, 7) is 15.7. The molecule has 1 saturated heterocycles. The van der Waals surface area contributed by atoms with Crippen molar-refractivity contribution in [1.29, 1.82) is 0 Å². The van der Waals surface area contributed by atoms with E-state index in [0.29, 0.717) is 29.6 Å². The number of alkyl halides is 1. The van der Waals surface area contributed by atoms with Crippen LogP contribution in [0.5, 0.6) is 0 Å². The Morgan fingerprint density at radius 3 is 2.67 bits per heavy atom. The summed E-state index contributed by atoms with van der Waals surface area (Å²) in [5.74, 6) is -0.724. The molecule has 1 N–H and O–H groups in total. The molecule has 5 nitrogen and oxygen atoms in total. The van der Waals surface area contributed by atoms with Crippen molar-refractivity contribution >= 4 is 46.8 Å². The van der Waals surface area contributed by atoms with Gasteiger partial charge in [0, 0.05) is 42.2 Å². The Bertz CT molecular complexity index is 734. The van der Waals surface area contributed by atoms with Crippen molar-refractivity contribution in [1.82, 2.24) is 15.1 Å². The fraction of sp³-hybridized carbons (Fsp3) is 0.455. The number of allylic oxidation sites excluding steroid dienone is 5. The second kappa shape index (κ2) is 13.8. The number of amides is 2. The summed E-state index contributed by atoms with van der Waals surface area (Å²) in [6, 6.07) is -0.640. The lowest BCUT2D eigenvalue weighted by atomic mass is 10.1. The monoisotopic (exact) mass is 471 g/mol. The molecule has 0 spiro atoms. The number of nitrogens with zero attached hydrogens (tertiary/aromatic N) is 2. The molecule has 1 heterocycles. The van der Waals surface area contributed by atoms with Crippen molar-refractivity contribution in [3.05, 3.63) is 58.4 Å². The van der Waals surface area contributed by atoms with E-state index in [9.17, 15) is 9.59 Å². The van der Waals surface area contributed by atoms with Crippen molar-refractivity contribution in [2.24, 2.45) is 0 Å². The quantitative estimate of drug-likeness (QED) is 0.381. The summed E-state index contributed by atoms with van der Waals surface area (Å²) in [6.07, 6.45) is 7.00. The van der Waals surface area contributed by atoms with E-state index in [0.717, 1.165) is 5.57 Å². The third-order valence-electron chi connectivity index (χ3n) is 4.28. The molecule has 1 fully saturated rings. The first kappa shape index (κ1) is 26.6. The summed E-state index contributed by atoms with van der Waals surface area (Å²) < 4.78 is 0. The predicted octanol–water partition coefficient (Wildman–Crippen LogP) is 4.28. The molecule has 8 heteroatoms. The highest BCUT2D eigenvalue weighted by Gasteiger charge is 2.35. The van der Waals surface area contributed by atoms with Crippen LogP contribution in [0.3, 0.4) is 0 Å². The van der Waals surface area contributed by atoms with Gasteiger partial charge in [0.25, 0.3) is 5.91 Å². The van der Waals surface area contributed by atoms with Crippen LogP contribution < -0.4 is 5.32 Å². The van der Waals surface area contributed by atoms with Gasteiger partial charge in [-0.25, -0.2) is 0 Å². The molecule has 0 aromatic heterocycles. The van der Waals surface area contributed by atoms with E-state index in [4.69, 9.17) is 23.2 Å². The molecule has 0 aromatic carbocycles. The van der Waals surface area contributed by atoms with Gasteiger partial charge in [0.2, 0.25) is 5.91 Å². The molecule has 1 rings (SSSR count). The number of halogens is 2. The molecular formula is C22H31Cl2N3O2S. The SMILES string of the molecule is C=C(C)/C=C(Cl)\C=C/CN(C(=O)CCl)[C@H](C(=C)S/C=C\C)C(=O)N1CCN[C@@H](C)C1. The largest absolute Gasteiger partial charge is 0.338 e. The Kier molecular flexibility index (Phi) is 12.2. The fourth-order valence-corrected chi connectivity index (χ4v) is 4.06. The molecule has 30 heavy (non-hydrogen) atoms. The number of carbonyl (C=O) groups excluding carboxylic acids is 2. The third-order valence-corrected chi connectivity index (χ3v) is 5.68. The van der Waals surface area contributed by atoms with E-state index in [1.165, 1.54) is 16.7 Å². The van der Waals surface area contributed by atoms with Crippen LogP contribution in [-0.2, 0) is 9.59 Å². The van der Waals surface area contributed by atoms with E-state index in [1.54, 1.807) is 23.1 Å². The maximum absolute atomic E-state index is 13.4.